The summed E-state index contributed by atoms with van der Waals surface area (Å²) in [4.78, 5) is 11.7. The van der Waals surface area contributed by atoms with Crippen molar-refractivity contribution in [1.82, 2.24) is 0 Å². The molecule has 0 aliphatic rings. The highest BCUT2D eigenvalue weighted by Gasteiger charge is 2.09. The number of aliphatic imine (C=N–C) groups is 1. The Bertz CT molecular complexity index is 609. The first-order valence-electron chi connectivity index (χ1n) is 6.17. The maximum absolute atomic E-state index is 5.91. The second-order valence-electron chi connectivity index (χ2n) is 4.45. The molecule has 0 aliphatic heterocycles. The lowest BCUT2D eigenvalue weighted by atomic mass is 10.2. The average molecular weight is 291 g/mol. The van der Waals surface area contributed by atoms with Crippen LogP contribution in [0.15, 0.2) is 47.6 Å². The third kappa shape index (κ3) is 3.48. The summed E-state index contributed by atoms with van der Waals surface area (Å²) >= 11 is 5.91. The van der Waals surface area contributed by atoms with Crippen LogP contribution < -0.4 is 14.5 Å². The molecule has 5 heteroatoms. The molecule has 20 heavy (non-hydrogen) atoms. The maximum Gasteiger partial charge on any atom is 0.275 e. The number of aromatic nitrogens is 1. The van der Waals surface area contributed by atoms with Gasteiger partial charge in [-0.05, 0) is 30.3 Å². The van der Waals surface area contributed by atoms with Crippen LogP contribution in [-0.2, 0) is 0 Å². The van der Waals surface area contributed by atoms with E-state index in [1.54, 1.807) is 30.3 Å². The van der Waals surface area contributed by atoms with Crippen molar-refractivity contribution >= 4 is 29.2 Å². The van der Waals surface area contributed by atoms with Gasteiger partial charge in [-0.25, -0.2) is 4.99 Å². The van der Waals surface area contributed by atoms with Crippen LogP contribution in [0.1, 0.15) is 5.69 Å². The molecule has 1 heterocycles. The van der Waals surface area contributed by atoms with Crippen molar-refractivity contribution in [3.63, 3.8) is 0 Å². The van der Waals surface area contributed by atoms with E-state index in [0.29, 0.717) is 5.02 Å². The monoisotopic (exact) mass is 290 g/mol. The van der Waals surface area contributed by atoms with Gasteiger partial charge < -0.3 is 4.90 Å². The quantitative estimate of drug-likeness (QED) is 0.639. The average Bonchev–Trinajstić information content (AvgIpc) is 2.46. The highest BCUT2D eigenvalue weighted by atomic mass is 35.5. The Morgan fingerprint density at radius 1 is 1.15 bits per heavy atom. The van der Waals surface area contributed by atoms with Crippen molar-refractivity contribution in [3.8, 4) is 0 Å². The van der Waals surface area contributed by atoms with Crippen molar-refractivity contribution in [1.29, 1.82) is 0 Å². The number of halogens is 1. The molecule has 0 saturated carbocycles. The molecule has 0 fully saturated rings. The van der Waals surface area contributed by atoms with Crippen LogP contribution in [0.2, 0.25) is 5.02 Å². The molecule has 0 amide bonds. The van der Waals surface area contributed by atoms with E-state index >= 15 is 0 Å². The highest BCUT2D eigenvalue weighted by Crippen LogP contribution is 2.17. The van der Waals surface area contributed by atoms with E-state index in [4.69, 9.17) is 16.4 Å². The Balaban J connectivity index is 2.20. The summed E-state index contributed by atoms with van der Waals surface area (Å²) in [5.74, 6) is 0. The predicted molar refractivity (Wildman–Crippen MR) is 82.2 cm³/mol. The third-order valence-electron chi connectivity index (χ3n) is 2.82. The Morgan fingerprint density at radius 2 is 1.85 bits per heavy atom. The number of anilines is 1. The lowest BCUT2D eigenvalue weighted by molar-refractivity contribution is -0.886. The molecule has 4 nitrogen and oxygen atoms in total. The standard InChI is InChI=1S/C15H17ClN3O/c1-18(2)14-8-5-13(6-9-14)17-10-15-7-4-12(16)11-19(15)20-3/h4-11H,1-3H3/q+1. The van der Waals surface area contributed by atoms with Crippen molar-refractivity contribution < 1.29 is 9.57 Å². The fourth-order valence-electron chi connectivity index (χ4n) is 1.70. The number of hydrogen-bond donors (Lipinski definition) is 0. The van der Waals surface area contributed by atoms with Crippen LogP contribution in [0.5, 0.6) is 0 Å². The van der Waals surface area contributed by atoms with Gasteiger partial charge in [0.25, 0.3) is 5.69 Å². The van der Waals surface area contributed by atoms with Gasteiger partial charge in [0.1, 0.15) is 18.3 Å². The van der Waals surface area contributed by atoms with Gasteiger partial charge in [-0.3, -0.25) is 4.84 Å². The normalized spacial score (nSPS) is 10.8. The summed E-state index contributed by atoms with van der Waals surface area (Å²) in [6.07, 6.45) is 3.43. The second kappa shape index (κ2) is 6.39. The molecule has 0 bridgehead atoms. The molecule has 104 valence electrons. The van der Waals surface area contributed by atoms with Gasteiger partial charge in [-0.1, -0.05) is 11.6 Å². The molecule has 2 rings (SSSR count). The molecule has 2 aromatic rings. The molecular formula is C15H17ClN3O+. The van der Waals surface area contributed by atoms with E-state index in [9.17, 15) is 0 Å². The van der Waals surface area contributed by atoms with Crippen LogP contribution in [0.4, 0.5) is 11.4 Å². The fourth-order valence-corrected chi connectivity index (χ4v) is 1.86. The van der Waals surface area contributed by atoms with Gasteiger partial charge in [0.05, 0.1) is 5.69 Å². The van der Waals surface area contributed by atoms with Crippen molar-refractivity contribution in [2.24, 2.45) is 4.99 Å². The Labute approximate surface area is 123 Å². The van der Waals surface area contributed by atoms with Gasteiger partial charge >= 0.3 is 0 Å². The summed E-state index contributed by atoms with van der Waals surface area (Å²) in [5.41, 5.74) is 2.84. The minimum absolute atomic E-state index is 0.610. The number of rotatable bonds is 4. The van der Waals surface area contributed by atoms with Crippen molar-refractivity contribution in [3.05, 3.63) is 53.3 Å². The van der Waals surface area contributed by atoms with E-state index < -0.39 is 0 Å². The number of nitrogens with zero attached hydrogens (tertiary/aromatic N) is 3. The number of hydrogen-bond acceptors (Lipinski definition) is 3. The van der Waals surface area contributed by atoms with Crippen LogP contribution >= 0.6 is 11.6 Å². The van der Waals surface area contributed by atoms with Crippen LogP contribution in [0.3, 0.4) is 0 Å². The molecule has 0 atom stereocenters. The lowest BCUT2D eigenvalue weighted by Crippen LogP contribution is -2.44. The Hall–Kier alpha value is -2.07. The van der Waals surface area contributed by atoms with Gasteiger partial charge in [0.2, 0.25) is 6.20 Å². The molecule has 0 radical (unpaired) electrons. The van der Waals surface area contributed by atoms with Crippen LogP contribution in [0.25, 0.3) is 0 Å². The molecule has 1 aromatic heterocycles. The number of pyridine rings is 1. The first-order valence-corrected chi connectivity index (χ1v) is 6.55. The van der Waals surface area contributed by atoms with Gasteiger partial charge in [0, 0.05) is 30.6 Å². The smallest absolute Gasteiger partial charge is 0.275 e. The molecule has 0 unspecified atom stereocenters. The SMILES string of the molecule is CO[n+]1cc(Cl)ccc1C=Nc1ccc(N(C)C)cc1. The van der Waals surface area contributed by atoms with E-state index in [0.717, 1.165) is 17.1 Å². The molecule has 1 aromatic carbocycles. The van der Waals surface area contributed by atoms with Crippen molar-refractivity contribution in [2.45, 2.75) is 0 Å². The minimum Gasteiger partial charge on any atom is -0.378 e. The predicted octanol–water partition coefficient (Wildman–Crippen LogP) is 2.50. The Kier molecular flexibility index (Phi) is 4.58. The van der Waals surface area contributed by atoms with Crippen LogP contribution in [-0.4, -0.2) is 27.4 Å². The summed E-state index contributed by atoms with van der Waals surface area (Å²) in [6.45, 7) is 0. The summed E-state index contributed by atoms with van der Waals surface area (Å²) in [6, 6.07) is 11.6. The zero-order valence-electron chi connectivity index (χ0n) is 11.7. The van der Waals surface area contributed by atoms with Crippen molar-refractivity contribution in [2.75, 3.05) is 26.1 Å². The zero-order chi connectivity index (χ0) is 14.5. The van der Waals surface area contributed by atoms with Gasteiger partial charge in [-0.2, -0.15) is 0 Å². The van der Waals surface area contributed by atoms with E-state index in [1.807, 2.05) is 49.3 Å². The minimum atomic E-state index is 0.610. The van der Waals surface area contributed by atoms with E-state index in [-0.39, 0.29) is 0 Å². The molecule has 0 aliphatic carbocycles. The Morgan fingerprint density at radius 3 is 2.45 bits per heavy atom. The summed E-state index contributed by atoms with van der Waals surface area (Å²) in [7, 11) is 5.60. The van der Waals surface area contributed by atoms with Crippen LogP contribution in [0, 0.1) is 0 Å². The molecule has 0 spiro atoms. The maximum atomic E-state index is 5.91. The first kappa shape index (κ1) is 14.3. The lowest BCUT2D eigenvalue weighted by Gasteiger charge is -2.11. The van der Waals surface area contributed by atoms with E-state index in [1.165, 1.54) is 0 Å². The summed E-state index contributed by atoms with van der Waals surface area (Å²) in [5, 5.41) is 0.610. The topological polar surface area (TPSA) is 28.7 Å². The van der Waals surface area contributed by atoms with Gasteiger partial charge in [0.15, 0.2) is 0 Å². The summed E-state index contributed by atoms with van der Waals surface area (Å²) < 4.78 is 1.57. The largest absolute Gasteiger partial charge is 0.378 e. The first-order chi connectivity index (χ1) is 9.60. The van der Waals surface area contributed by atoms with E-state index in [2.05, 4.69) is 4.99 Å². The second-order valence-corrected chi connectivity index (χ2v) is 4.89. The fraction of sp³-hybridized carbons (Fsp3) is 0.200. The molecular weight excluding hydrogens is 274 g/mol. The number of benzene rings is 1. The molecule has 0 N–H and O–H groups in total. The van der Waals surface area contributed by atoms with Gasteiger partial charge in [-0.15, -0.1) is 0 Å². The molecule has 0 saturated heterocycles. The third-order valence-corrected chi connectivity index (χ3v) is 3.04. The zero-order valence-corrected chi connectivity index (χ0v) is 12.5. The highest BCUT2D eigenvalue weighted by molar-refractivity contribution is 6.30.